The molecular weight excluding hydrogens is 512 g/mol. The van der Waals surface area contributed by atoms with E-state index >= 15 is 0 Å². The Morgan fingerprint density at radius 1 is 0.821 bits per heavy atom. The van der Waals surface area contributed by atoms with Gasteiger partial charge < -0.3 is 48.2 Å². The molecule has 0 aliphatic carbocycles. The summed E-state index contributed by atoms with van der Waals surface area (Å²) >= 11 is 0. The van der Waals surface area contributed by atoms with Gasteiger partial charge >= 0.3 is 0 Å². The van der Waals surface area contributed by atoms with Crippen molar-refractivity contribution >= 4 is 11.0 Å². The van der Waals surface area contributed by atoms with Crippen LogP contribution in [0.1, 0.15) is 11.7 Å². The molecule has 0 saturated carbocycles. The minimum absolute atomic E-state index is 0.0820. The summed E-state index contributed by atoms with van der Waals surface area (Å²) in [5, 5.41) is 30.8. The van der Waals surface area contributed by atoms with Gasteiger partial charge in [-0.25, -0.2) is 0 Å². The number of methoxy groups -OCH3 is 4. The van der Waals surface area contributed by atoms with Gasteiger partial charge in [-0.2, -0.15) is 0 Å². The number of aromatic hydroxyl groups is 2. The number of hydrogen-bond donors (Lipinski definition) is 3. The van der Waals surface area contributed by atoms with E-state index in [0.717, 1.165) is 0 Å². The Morgan fingerprint density at radius 3 is 2.08 bits per heavy atom. The third-order valence-corrected chi connectivity index (χ3v) is 6.51. The minimum Gasteiger partial charge on any atom is -0.504 e. The molecule has 11 heteroatoms. The molecule has 1 aliphatic rings. The summed E-state index contributed by atoms with van der Waals surface area (Å²) in [6.45, 7) is -0.457. The van der Waals surface area contributed by atoms with Crippen LogP contribution in [0.15, 0.2) is 51.9 Å². The monoisotopic (exact) mass is 538 g/mol. The van der Waals surface area contributed by atoms with Crippen LogP contribution in [-0.2, 0) is 0 Å². The zero-order valence-electron chi connectivity index (χ0n) is 21.5. The number of benzene rings is 3. The first-order valence-corrected chi connectivity index (χ1v) is 11.8. The summed E-state index contributed by atoms with van der Waals surface area (Å²) in [6.07, 6.45) is -0.543. The van der Waals surface area contributed by atoms with Gasteiger partial charge in [-0.15, -0.1) is 0 Å². The molecule has 204 valence electrons. The van der Waals surface area contributed by atoms with E-state index in [9.17, 15) is 20.1 Å². The Kier molecular flexibility index (Phi) is 6.75. The number of fused-ring (bicyclic) bond motifs is 3. The quantitative estimate of drug-likeness (QED) is 0.316. The smallest absolute Gasteiger partial charge is 0.209 e. The molecule has 39 heavy (non-hydrogen) atoms. The molecule has 0 saturated heterocycles. The summed E-state index contributed by atoms with van der Waals surface area (Å²) in [6, 6.07) is 9.13. The minimum atomic E-state index is -0.935. The molecule has 0 radical (unpaired) electrons. The second kappa shape index (κ2) is 10.2. The number of aliphatic hydroxyl groups excluding tert-OH is 1. The van der Waals surface area contributed by atoms with Crippen molar-refractivity contribution in [3.8, 4) is 57.1 Å². The van der Waals surface area contributed by atoms with Crippen molar-refractivity contribution in [2.75, 3.05) is 35.0 Å². The fraction of sp³-hybridized carbons (Fsp3) is 0.250. The average molecular weight is 539 g/mol. The van der Waals surface area contributed by atoms with Crippen molar-refractivity contribution in [1.29, 1.82) is 0 Å². The molecule has 0 bridgehead atoms. The van der Waals surface area contributed by atoms with E-state index in [1.165, 1.54) is 52.9 Å². The van der Waals surface area contributed by atoms with Gasteiger partial charge in [-0.3, -0.25) is 4.79 Å². The average Bonchev–Trinajstić information content (AvgIpc) is 2.96. The zero-order valence-corrected chi connectivity index (χ0v) is 21.5. The zero-order chi connectivity index (χ0) is 27.8. The molecule has 2 heterocycles. The van der Waals surface area contributed by atoms with Crippen molar-refractivity contribution < 1.29 is 48.2 Å². The molecule has 11 nitrogen and oxygen atoms in total. The predicted octanol–water partition coefficient (Wildman–Crippen LogP) is 3.78. The van der Waals surface area contributed by atoms with Crippen molar-refractivity contribution in [3.63, 3.8) is 0 Å². The second-order valence-electron chi connectivity index (χ2n) is 8.63. The van der Waals surface area contributed by atoms with E-state index in [2.05, 4.69) is 0 Å². The van der Waals surface area contributed by atoms with Crippen LogP contribution in [0.2, 0.25) is 0 Å². The summed E-state index contributed by atoms with van der Waals surface area (Å²) in [4.78, 5) is 13.5. The largest absolute Gasteiger partial charge is 0.504 e. The highest BCUT2D eigenvalue weighted by atomic mass is 16.6. The van der Waals surface area contributed by atoms with Crippen LogP contribution in [0.25, 0.3) is 22.1 Å². The molecule has 0 fully saturated rings. The van der Waals surface area contributed by atoms with Crippen molar-refractivity contribution in [2.45, 2.75) is 12.2 Å². The van der Waals surface area contributed by atoms with E-state index in [4.69, 9.17) is 32.8 Å². The van der Waals surface area contributed by atoms with E-state index in [1.54, 1.807) is 18.2 Å². The summed E-state index contributed by atoms with van der Waals surface area (Å²) in [5.74, 6) is 0.661. The van der Waals surface area contributed by atoms with Crippen LogP contribution in [-0.4, -0.2) is 56.5 Å². The fourth-order valence-corrected chi connectivity index (χ4v) is 4.54. The standard InChI is InChI=1S/C28H26O11/c1-33-18-6-5-13(7-17(18)30)16-12-37-26-15(23(16)31)10-21(36-4)27-28(26)38-22(11-29)25(39-27)14-8-19(34-2)24(32)20(9-14)35-3/h5-10,12,22,25,29-30,32H,11H2,1-4H3. The van der Waals surface area contributed by atoms with Gasteiger partial charge in [0.1, 0.15) is 6.26 Å². The highest BCUT2D eigenvalue weighted by Crippen LogP contribution is 2.51. The Bertz CT molecular complexity index is 1580. The van der Waals surface area contributed by atoms with Gasteiger partial charge in [0.15, 0.2) is 46.5 Å². The molecule has 4 aromatic rings. The number of ether oxygens (including phenoxy) is 6. The molecule has 0 spiro atoms. The topological polar surface area (TPSA) is 146 Å². The van der Waals surface area contributed by atoms with Crippen molar-refractivity contribution in [3.05, 3.63) is 58.4 Å². The number of aliphatic hydroxyl groups is 1. The second-order valence-corrected chi connectivity index (χ2v) is 8.63. The maximum atomic E-state index is 13.5. The van der Waals surface area contributed by atoms with Crippen LogP contribution in [0.3, 0.4) is 0 Å². The third kappa shape index (κ3) is 4.26. The molecule has 2 atom stereocenters. The third-order valence-electron chi connectivity index (χ3n) is 6.51. The molecule has 3 N–H and O–H groups in total. The van der Waals surface area contributed by atoms with Crippen molar-refractivity contribution in [1.82, 2.24) is 0 Å². The number of hydrogen-bond acceptors (Lipinski definition) is 11. The maximum absolute atomic E-state index is 13.5. The van der Waals surface area contributed by atoms with Crippen molar-refractivity contribution in [2.24, 2.45) is 0 Å². The maximum Gasteiger partial charge on any atom is 0.209 e. The van der Waals surface area contributed by atoms with Gasteiger partial charge in [-0.05, 0) is 35.9 Å². The lowest BCUT2D eigenvalue weighted by molar-refractivity contribution is -0.0135. The number of rotatable bonds is 7. The highest BCUT2D eigenvalue weighted by molar-refractivity contribution is 5.91. The number of phenolic OH excluding ortho intramolecular Hbond substituents is 2. The number of phenols is 2. The van der Waals surface area contributed by atoms with Gasteiger partial charge in [0.05, 0.1) is 46.0 Å². The fourth-order valence-electron chi connectivity index (χ4n) is 4.54. The molecular formula is C28H26O11. The lowest BCUT2D eigenvalue weighted by Gasteiger charge is -2.34. The van der Waals surface area contributed by atoms with E-state index in [1.807, 2.05) is 0 Å². The normalized spacial score (nSPS) is 16.1. The van der Waals surface area contributed by atoms with Crippen LogP contribution in [0.4, 0.5) is 0 Å². The summed E-state index contributed by atoms with van der Waals surface area (Å²) < 4.78 is 39.4. The van der Waals surface area contributed by atoms with E-state index in [-0.39, 0.29) is 62.5 Å². The van der Waals surface area contributed by atoms with Crippen LogP contribution in [0.5, 0.6) is 46.0 Å². The van der Waals surface area contributed by atoms with E-state index in [0.29, 0.717) is 11.1 Å². The Hall–Kier alpha value is -4.77. The lowest BCUT2D eigenvalue weighted by atomic mass is 10.0. The van der Waals surface area contributed by atoms with Gasteiger partial charge in [0.2, 0.25) is 22.7 Å². The molecule has 5 rings (SSSR count). The summed E-state index contributed by atoms with van der Waals surface area (Å²) in [5.41, 5.74) is 0.793. The molecule has 0 amide bonds. The van der Waals surface area contributed by atoms with Gasteiger partial charge in [0.25, 0.3) is 0 Å². The molecule has 2 unspecified atom stereocenters. The van der Waals surface area contributed by atoms with Gasteiger partial charge in [0, 0.05) is 5.56 Å². The van der Waals surface area contributed by atoms with Gasteiger partial charge in [-0.1, -0.05) is 6.07 Å². The molecule has 3 aromatic carbocycles. The predicted molar refractivity (Wildman–Crippen MR) is 139 cm³/mol. The first-order valence-electron chi connectivity index (χ1n) is 11.8. The first-order chi connectivity index (χ1) is 18.8. The lowest BCUT2D eigenvalue weighted by Crippen LogP contribution is -2.36. The first kappa shape index (κ1) is 25.9. The van der Waals surface area contributed by atoms with Crippen LogP contribution in [0, 0.1) is 0 Å². The Labute approximate surface area is 222 Å². The molecule has 1 aromatic heterocycles. The summed E-state index contributed by atoms with van der Waals surface area (Å²) in [7, 11) is 5.63. The van der Waals surface area contributed by atoms with Crippen LogP contribution >= 0.6 is 0 Å². The van der Waals surface area contributed by atoms with Crippen LogP contribution < -0.4 is 33.8 Å². The molecule has 1 aliphatic heterocycles. The Balaban J connectivity index is 1.64. The van der Waals surface area contributed by atoms with E-state index < -0.39 is 24.2 Å². The SMILES string of the molecule is COc1ccc(-c2coc3c4c(c(OC)cc3c2=O)OC(c2cc(OC)c(O)c(OC)c2)C(CO)O4)cc1O. The Morgan fingerprint density at radius 2 is 1.49 bits per heavy atom. The highest BCUT2D eigenvalue weighted by Gasteiger charge is 2.38.